The fraction of sp³-hybridized carbons (Fsp3) is 0.200. The third-order valence-electron chi connectivity index (χ3n) is 4.50. The highest BCUT2D eigenvalue weighted by Crippen LogP contribution is 2.32. The van der Waals surface area contributed by atoms with E-state index < -0.39 is 5.54 Å². The van der Waals surface area contributed by atoms with Crippen molar-refractivity contribution < 1.29 is 0 Å². The number of halogens is 2. The van der Waals surface area contributed by atoms with E-state index in [0.29, 0.717) is 11.8 Å². The van der Waals surface area contributed by atoms with Gasteiger partial charge < -0.3 is 0 Å². The first-order valence-electron chi connectivity index (χ1n) is 7.90. The summed E-state index contributed by atoms with van der Waals surface area (Å²) in [6.07, 6.45) is 2.65. The van der Waals surface area contributed by atoms with Gasteiger partial charge in [-0.2, -0.15) is 0 Å². The predicted molar refractivity (Wildman–Crippen MR) is 102 cm³/mol. The molecule has 0 saturated heterocycles. The lowest BCUT2D eigenvalue weighted by Gasteiger charge is -2.32. The van der Waals surface area contributed by atoms with Gasteiger partial charge >= 0.3 is 0 Å². The molecule has 0 radical (unpaired) electrons. The fourth-order valence-electron chi connectivity index (χ4n) is 3.21. The Morgan fingerprint density at radius 2 is 1.71 bits per heavy atom. The number of pyridine rings is 1. The maximum Gasteiger partial charge on any atom is 0.0925 e. The molecular weight excluding hydrogens is 339 g/mol. The molecule has 2 aromatic carbocycles. The normalized spacial score (nSPS) is 15.8. The molecule has 2 nitrogen and oxygen atoms in total. The Morgan fingerprint density at radius 1 is 0.958 bits per heavy atom. The average Bonchev–Trinajstić information content (AvgIpc) is 2.66. The van der Waals surface area contributed by atoms with Crippen LogP contribution in [0.15, 0.2) is 65.8 Å². The van der Waals surface area contributed by atoms with Crippen LogP contribution in [-0.2, 0) is 6.42 Å². The van der Waals surface area contributed by atoms with Crippen LogP contribution in [0.3, 0.4) is 0 Å². The van der Waals surface area contributed by atoms with Crippen molar-refractivity contribution in [2.24, 2.45) is 4.99 Å². The Hall–Kier alpha value is -1.90. The topological polar surface area (TPSA) is 25.2 Å². The molecule has 4 heteroatoms. The zero-order valence-electron chi connectivity index (χ0n) is 13.0. The van der Waals surface area contributed by atoms with E-state index in [9.17, 15) is 0 Å². The highest BCUT2D eigenvalue weighted by Gasteiger charge is 2.34. The van der Waals surface area contributed by atoms with Gasteiger partial charge in [0.05, 0.1) is 16.8 Å². The number of hydrogen-bond donors (Lipinski definition) is 0. The molecule has 0 spiro atoms. The van der Waals surface area contributed by atoms with Crippen LogP contribution in [0.1, 0.15) is 16.7 Å². The quantitative estimate of drug-likeness (QED) is 0.617. The molecule has 2 heterocycles. The number of aromatic nitrogens is 1. The predicted octanol–water partition coefficient (Wildman–Crippen LogP) is 4.84. The van der Waals surface area contributed by atoms with Crippen molar-refractivity contribution in [2.75, 3.05) is 11.8 Å². The van der Waals surface area contributed by atoms with Crippen molar-refractivity contribution in [2.45, 2.75) is 12.0 Å². The lowest BCUT2D eigenvalue weighted by Crippen LogP contribution is -2.39. The number of nitrogens with zero attached hydrogens (tertiary/aromatic N) is 2. The molecule has 0 fully saturated rings. The number of para-hydroxylation sites is 1. The smallest absolute Gasteiger partial charge is 0.0925 e. The van der Waals surface area contributed by atoms with Gasteiger partial charge in [-0.15, -0.1) is 23.2 Å². The van der Waals surface area contributed by atoms with Crippen LogP contribution >= 0.6 is 23.2 Å². The summed E-state index contributed by atoms with van der Waals surface area (Å²) >= 11 is 12.5. The maximum atomic E-state index is 6.24. The summed E-state index contributed by atoms with van der Waals surface area (Å²) in [5, 5.41) is 1.10. The zero-order valence-corrected chi connectivity index (χ0v) is 14.6. The highest BCUT2D eigenvalue weighted by atomic mass is 35.5. The van der Waals surface area contributed by atoms with Gasteiger partial charge in [-0.3, -0.25) is 9.98 Å². The van der Waals surface area contributed by atoms with E-state index in [2.05, 4.69) is 29.2 Å². The fourth-order valence-corrected chi connectivity index (χ4v) is 3.80. The van der Waals surface area contributed by atoms with E-state index in [1.807, 2.05) is 36.5 Å². The number of hydrogen-bond acceptors (Lipinski definition) is 2. The number of benzene rings is 2. The van der Waals surface area contributed by atoms with Gasteiger partial charge in [-0.25, -0.2) is 0 Å². The van der Waals surface area contributed by atoms with Gasteiger partial charge in [-0.05, 0) is 17.7 Å². The molecule has 120 valence electrons. The second-order valence-electron chi connectivity index (χ2n) is 6.20. The van der Waals surface area contributed by atoms with Crippen LogP contribution in [0.25, 0.3) is 10.9 Å². The van der Waals surface area contributed by atoms with Crippen molar-refractivity contribution >= 4 is 39.8 Å². The lowest BCUT2D eigenvalue weighted by atomic mass is 9.85. The molecule has 0 atom stereocenters. The first-order valence-corrected chi connectivity index (χ1v) is 8.97. The molecule has 4 rings (SSSR count). The van der Waals surface area contributed by atoms with Gasteiger partial charge in [0.2, 0.25) is 0 Å². The molecule has 0 amide bonds. The average molecular weight is 355 g/mol. The third kappa shape index (κ3) is 2.60. The molecule has 0 N–H and O–H groups in total. The van der Waals surface area contributed by atoms with Gasteiger partial charge in [0, 0.05) is 40.9 Å². The minimum atomic E-state index is -0.460. The SMILES string of the molecule is ClCC1(CCl)Cc2ccccc2C(c2cnc3ccccc3c2)=N1. The van der Waals surface area contributed by atoms with E-state index in [1.165, 1.54) is 5.56 Å². The maximum absolute atomic E-state index is 6.24. The van der Waals surface area contributed by atoms with Crippen molar-refractivity contribution in [1.82, 2.24) is 4.98 Å². The number of rotatable bonds is 3. The summed E-state index contributed by atoms with van der Waals surface area (Å²) < 4.78 is 0. The lowest BCUT2D eigenvalue weighted by molar-refractivity contribution is 0.526. The van der Waals surface area contributed by atoms with Gasteiger partial charge in [0.15, 0.2) is 0 Å². The summed E-state index contributed by atoms with van der Waals surface area (Å²) in [5.41, 5.74) is 4.82. The Kier molecular flexibility index (Phi) is 4.03. The summed E-state index contributed by atoms with van der Waals surface area (Å²) in [6.45, 7) is 0. The molecule has 3 aromatic rings. The van der Waals surface area contributed by atoms with Crippen LogP contribution in [-0.4, -0.2) is 28.0 Å². The Labute approximate surface area is 151 Å². The Balaban J connectivity index is 1.93. The van der Waals surface area contributed by atoms with E-state index in [1.54, 1.807) is 0 Å². The van der Waals surface area contributed by atoms with Crippen molar-refractivity contribution in [3.8, 4) is 0 Å². The number of fused-ring (bicyclic) bond motifs is 2. The van der Waals surface area contributed by atoms with Crippen LogP contribution in [0.4, 0.5) is 0 Å². The van der Waals surface area contributed by atoms with Crippen molar-refractivity contribution in [3.63, 3.8) is 0 Å². The minimum absolute atomic E-state index is 0.398. The van der Waals surface area contributed by atoms with Gasteiger partial charge in [0.25, 0.3) is 0 Å². The third-order valence-corrected chi connectivity index (χ3v) is 5.50. The minimum Gasteiger partial charge on any atom is -0.275 e. The Morgan fingerprint density at radius 3 is 2.54 bits per heavy atom. The molecule has 1 aliphatic rings. The number of aliphatic imine (C=N–C) groups is 1. The van der Waals surface area contributed by atoms with E-state index in [0.717, 1.165) is 34.2 Å². The zero-order chi connectivity index (χ0) is 16.6. The number of alkyl halides is 2. The van der Waals surface area contributed by atoms with E-state index in [-0.39, 0.29) is 0 Å². The largest absolute Gasteiger partial charge is 0.275 e. The Bertz CT molecular complexity index is 930. The van der Waals surface area contributed by atoms with E-state index >= 15 is 0 Å². The van der Waals surface area contributed by atoms with Crippen LogP contribution < -0.4 is 0 Å². The molecule has 0 bridgehead atoms. The van der Waals surface area contributed by atoms with Gasteiger partial charge in [0.1, 0.15) is 0 Å². The summed E-state index contributed by atoms with van der Waals surface area (Å²) in [7, 11) is 0. The van der Waals surface area contributed by atoms with Crippen LogP contribution in [0.2, 0.25) is 0 Å². The standard InChI is InChI=1S/C20H16Cl2N2/c21-12-20(13-22)10-15-6-1-3-7-17(15)19(24-20)16-9-14-5-2-4-8-18(14)23-11-16/h1-9,11H,10,12-13H2. The molecule has 1 aliphatic heterocycles. The highest BCUT2D eigenvalue weighted by molar-refractivity contribution is 6.23. The summed E-state index contributed by atoms with van der Waals surface area (Å²) in [6, 6.07) is 18.6. The molecule has 0 unspecified atom stereocenters. The van der Waals surface area contributed by atoms with Crippen molar-refractivity contribution in [3.05, 3.63) is 77.5 Å². The second kappa shape index (κ2) is 6.19. The molecule has 1 aromatic heterocycles. The first-order chi connectivity index (χ1) is 11.7. The molecule has 24 heavy (non-hydrogen) atoms. The first kappa shape index (κ1) is 15.6. The summed E-state index contributed by atoms with van der Waals surface area (Å²) in [4.78, 5) is 9.56. The molecular formula is C20H16Cl2N2. The second-order valence-corrected chi connectivity index (χ2v) is 6.74. The van der Waals surface area contributed by atoms with Crippen LogP contribution in [0.5, 0.6) is 0 Å². The summed E-state index contributed by atoms with van der Waals surface area (Å²) in [5.74, 6) is 0.796. The van der Waals surface area contributed by atoms with E-state index in [4.69, 9.17) is 28.2 Å². The van der Waals surface area contributed by atoms with Crippen LogP contribution in [0, 0.1) is 0 Å². The van der Waals surface area contributed by atoms with Crippen molar-refractivity contribution in [1.29, 1.82) is 0 Å². The monoisotopic (exact) mass is 354 g/mol. The molecule has 0 saturated carbocycles. The molecule has 0 aliphatic carbocycles. The van der Waals surface area contributed by atoms with Gasteiger partial charge in [-0.1, -0.05) is 42.5 Å².